The summed E-state index contributed by atoms with van der Waals surface area (Å²) in [6.45, 7) is 0. The molecule has 0 unspecified atom stereocenters. The van der Waals surface area contributed by atoms with Crippen molar-refractivity contribution in [1.29, 1.82) is 0 Å². The molecule has 0 radical (unpaired) electrons. The van der Waals surface area contributed by atoms with E-state index in [1.54, 1.807) is 49.6 Å². The highest BCUT2D eigenvalue weighted by Gasteiger charge is 2.13. The normalized spacial score (nSPS) is 10.5. The van der Waals surface area contributed by atoms with Crippen LogP contribution in [0.1, 0.15) is 10.6 Å². The molecule has 0 saturated heterocycles. The average molecular weight is 374 g/mol. The van der Waals surface area contributed by atoms with Crippen LogP contribution in [0.15, 0.2) is 62.2 Å². The maximum atomic E-state index is 12.3. The van der Waals surface area contributed by atoms with Crippen LogP contribution in [0.25, 0.3) is 11.0 Å². The number of hydrogen-bond acceptors (Lipinski definition) is 4. The van der Waals surface area contributed by atoms with Gasteiger partial charge in [-0.05, 0) is 42.5 Å². The van der Waals surface area contributed by atoms with Gasteiger partial charge in [0.2, 0.25) is 0 Å². The Morgan fingerprint density at radius 3 is 2.57 bits per heavy atom. The van der Waals surface area contributed by atoms with Crippen LogP contribution in [0.2, 0.25) is 0 Å². The van der Waals surface area contributed by atoms with Crippen molar-refractivity contribution >= 4 is 38.5 Å². The number of rotatable bonds is 3. The van der Waals surface area contributed by atoms with Crippen molar-refractivity contribution < 1.29 is 13.9 Å². The van der Waals surface area contributed by atoms with Crippen LogP contribution in [0.5, 0.6) is 5.75 Å². The van der Waals surface area contributed by atoms with Gasteiger partial charge in [0.25, 0.3) is 5.91 Å². The van der Waals surface area contributed by atoms with Crippen molar-refractivity contribution in [2.75, 3.05) is 12.4 Å². The Labute approximate surface area is 140 Å². The molecule has 5 nitrogen and oxygen atoms in total. The van der Waals surface area contributed by atoms with Gasteiger partial charge in [0.05, 0.1) is 12.5 Å². The highest BCUT2D eigenvalue weighted by atomic mass is 79.9. The molecule has 3 aromatic rings. The molecule has 1 N–H and O–H groups in total. The van der Waals surface area contributed by atoms with Gasteiger partial charge in [0.1, 0.15) is 11.3 Å². The third-order valence-corrected chi connectivity index (χ3v) is 3.76. The fourth-order valence-corrected chi connectivity index (χ4v) is 2.45. The lowest BCUT2D eigenvalue weighted by molar-refractivity contribution is 0.0997. The molecule has 0 saturated carbocycles. The number of carbonyl (C=O) groups is 1. The number of benzene rings is 2. The minimum Gasteiger partial charge on any atom is -0.497 e. The quantitative estimate of drug-likeness (QED) is 0.757. The van der Waals surface area contributed by atoms with E-state index < -0.39 is 5.91 Å². The van der Waals surface area contributed by atoms with E-state index in [-0.39, 0.29) is 11.2 Å². The molecule has 2 aromatic carbocycles. The maximum absolute atomic E-state index is 12.3. The lowest BCUT2D eigenvalue weighted by Gasteiger charge is -2.06. The van der Waals surface area contributed by atoms with Crippen LogP contribution < -0.4 is 15.5 Å². The zero-order valence-corrected chi connectivity index (χ0v) is 13.7. The first-order valence-corrected chi connectivity index (χ1v) is 7.55. The number of methoxy groups -OCH3 is 1. The fourth-order valence-electron chi connectivity index (χ4n) is 2.11. The maximum Gasteiger partial charge on any atom is 0.291 e. The third-order valence-electron chi connectivity index (χ3n) is 3.26. The van der Waals surface area contributed by atoms with E-state index >= 15 is 0 Å². The first kappa shape index (κ1) is 15.3. The van der Waals surface area contributed by atoms with Crippen molar-refractivity contribution in [1.82, 2.24) is 0 Å². The summed E-state index contributed by atoms with van der Waals surface area (Å²) in [7, 11) is 1.56. The van der Waals surface area contributed by atoms with E-state index in [1.165, 1.54) is 6.07 Å². The second-order valence-corrected chi connectivity index (χ2v) is 5.71. The van der Waals surface area contributed by atoms with Crippen LogP contribution in [0.4, 0.5) is 5.69 Å². The van der Waals surface area contributed by atoms with E-state index in [0.717, 1.165) is 4.47 Å². The number of nitrogens with one attached hydrogen (secondary N) is 1. The average Bonchev–Trinajstić information content (AvgIpc) is 2.55. The molecule has 0 bridgehead atoms. The van der Waals surface area contributed by atoms with Gasteiger partial charge in [-0.1, -0.05) is 15.9 Å². The molecule has 3 rings (SSSR count). The number of ether oxygens (including phenoxy) is 1. The second-order valence-electron chi connectivity index (χ2n) is 4.80. The van der Waals surface area contributed by atoms with Crippen LogP contribution in [-0.4, -0.2) is 13.0 Å². The number of carbonyl (C=O) groups excluding carboxylic acids is 1. The van der Waals surface area contributed by atoms with Crippen molar-refractivity contribution in [3.63, 3.8) is 0 Å². The number of fused-ring (bicyclic) bond motifs is 1. The minimum absolute atomic E-state index is 0.0450. The summed E-state index contributed by atoms with van der Waals surface area (Å²) in [5.74, 6) is 0.149. The predicted molar refractivity (Wildman–Crippen MR) is 91.1 cm³/mol. The third kappa shape index (κ3) is 3.27. The first-order valence-electron chi connectivity index (χ1n) is 6.75. The summed E-state index contributed by atoms with van der Waals surface area (Å²) in [5, 5.41) is 3.10. The molecule has 0 fully saturated rings. The predicted octanol–water partition coefficient (Wildman–Crippen LogP) is 3.82. The minimum atomic E-state index is -0.492. The molecule has 1 amide bonds. The van der Waals surface area contributed by atoms with E-state index in [1.807, 2.05) is 0 Å². The van der Waals surface area contributed by atoms with Gasteiger partial charge in [0.15, 0.2) is 11.2 Å². The highest BCUT2D eigenvalue weighted by Crippen LogP contribution is 2.20. The zero-order valence-electron chi connectivity index (χ0n) is 12.1. The van der Waals surface area contributed by atoms with Crippen molar-refractivity contribution in [3.05, 3.63) is 69.0 Å². The Morgan fingerprint density at radius 2 is 1.87 bits per heavy atom. The summed E-state index contributed by atoms with van der Waals surface area (Å²) in [5.41, 5.74) is 0.665. The molecule has 23 heavy (non-hydrogen) atoms. The standard InChI is InChI=1S/C17H12BrNO4/c1-22-12-5-3-11(4-6-12)19-17(21)16-9-14(20)13-7-2-10(18)8-15(13)23-16/h2-9H,1H3,(H,19,21). The van der Waals surface area contributed by atoms with E-state index in [9.17, 15) is 9.59 Å². The Hall–Kier alpha value is -2.60. The van der Waals surface area contributed by atoms with Crippen LogP contribution in [0, 0.1) is 0 Å². The molecule has 1 aromatic heterocycles. The number of amides is 1. The Bertz CT molecular complexity index is 931. The molecule has 1 heterocycles. The smallest absolute Gasteiger partial charge is 0.291 e. The molecule has 0 spiro atoms. The molecule has 116 valence electrons. The molecule has 0 aliphatic carbocycles. The van der Waals surface area contributed by atoms with Gasteiger partial charge in [-0.25, -0.2) is 0 Å². The summed E-state index contributed by atoms with van der Waals surface area (Å²) >= 11 is 3.31. The first-order chi connectivity index (χ1) is 11.1. The SMILES string of the molecule is COc1ccc(NC(=O)c2cc(=O)c3ccc(Br)cc3o2)cc1. The van der Waals surface area contributed by atoms with Gasteiger partial charge in [-0.2, -0.15) is 0 Å². The number of halogens is 1. The Kier molecular flexibility index (Phi) is 4.16. The van der Waals surface area contributed by atoms with Crippen LogP contribution >= 0.6 is 15.9 Å². The highest BCUT2D eigenvalue weighted by molar-refractivity contribution is 9.10. The number of hydrogen-bond donors (Lipinski definition) is 1. The largest absolute Gasteiger partial charge is 0.497 e. The molecular weight excluding hydrogens is 362 g/mol. The fraction of sp³-hybridized carbons (Fsp3) is 0.0588. The topological polar surface area (TPSA) is 68.5 Å². The summed E-state index contributed by atoms with van der Waals surface area (Å²) < 4.78 is 11.4. The molecule has 0 aliphatic rings. The Morgan fingerprint density at radius 1 is 1.13 bits per heavy atom. The molecule has 0 atom stereocenters. The summed E-state index contributed by atoms with van der Waals surface area (Å²) in [6.07, 6.45) is 0. The van der Waals surface area contributed by atoms with Gasteiger partial charge < -0.3 is 14.5 Å². The van der Waals surface area contributed by atoms with E-state index in [0.29, 0.717) is 22.4 Å². The monoisotopic (exact) mass is 373 g/mol. The van der Waals surface area contributed by atoms with E-state index in [2.05, 4.69) is 21.2 Å². The Balaban J connectivity index is 1.92. The van der Waals surface area contributed by atoms with Crippen LogP contribution in [0.3, 0.4) is 0 Å². The van der Waals surface area contributed by atoms with Gasteiger partial charge in [-0.15, -0.1) is 0 Å². The van der Waals surface area contributed by atoms with Gasteiger partial charge >= 0.3 is 0 Å². The zero-order chi connectivity index (χ0) is 16.4. The van der Waals surface area contributed by atoms with Crippen molar-refractivity contribution in [3.8, 4) is 5.75 Å². The molecule has 0 aliphatic heterocycles. The van der Waals surface area contributed by atoms with Crippen molar-refractivity contribution in [2.45, 2.75) is 0 Å². The van der Waals surface area contributed by atoms with Gasteiger partial charge in [0, 0.05) is 16.2 Å². The summed E-state index contributed by atoms with van der Waals surface area (Å²) in [4.78, 5) is 24.3. The number of anilines is 1. The lowest BCUT2D eigenvalue weighted by Crippen LogP contribution is -2.14. The second kappa shape index (κ2) is 6.26. The van der Waals surface area contributed by atoms with Crippen LogP contribution in [-0.2, 0) is 0 Å². The van der Waals surface area contributed by atoms with Crippen molar-refractivity contribution in [2.24, 2.45) is 0 Å². The molecule has 6 heteroatoms. The molecular formula is C17H12BrNO4. The summed E-state index contributed by atoms with van der Waals surface area (Å²) in [6, 6.07) is 13.1. The lowest BCUT2D eigenvalue weighted by atomic mass is 10.2. The van der Waals surface area contributed by atoms with Gasteiger partial charge in [-0.3, -0.25) is 9.59 Å². The van der Waals surface area contributed by atoms with E-state index in [4.69, 9.17) is 9.15 Å².